The Morgan fingerprint density at radius 2 is 2.25 bits per heavy atom. The van der Waals surface area contributed by atoms with Gasteiger partial charge in [0.1, 0.15) is 0 Å². The van der Waals surface area contributed by atoms with Crippen LogP contribution in [-0.4, -0.2) is 34.5 Å². The SMILES string of the molecule is CC(C)(CCO)CNC(=O)c1nonc1N. The number of hydrogen-bond acceptors (Lipinski definition) is 6. The Balaban J connectivity index is 2.51. The van der Waals surface area contributed by atoms with Gasteiger partial charge in [0.2, 0.25) is 11.5 Å². The molecule has 1 aromatic rings. The molecule has 0 spiro atoms. The minimum Gasteiger partial charge on any atom is -0.396 e. The van der Waals surface area contributed by atoms with Gasteiger partial charge in [-0.3, -0.25) is 4.79 Å². The molecule has 0 aromatic carbocycles. The second-order valence-corrected chi connectivity index (χ2v) is 4.32. The summed E-state index contributed by atoms with van der Waals surface area (Å²) >= 11 is 0. The van der Waals surface area contributed by atoms with E-state index in [1.54, 1.807) is 0 Å². The highest BCUT2D eigenvalue weighted by atomic mass is 16.6. The smallest absolute Gasteiger partial charge is 0.277 e. The summed E-state index contributed by atoms with van der Waals surface area (Å²) < 4.78 is 4.32. The van der Waals surface area contributed by atoms with Gasteiger partial charge in [-0.15, -0.1) is 0 Å². The molecule has 0 aliphatic rings. The zero-order valence-electron chi connectivity index (χ0n) is 9.36. The summed E-state index contributed by atoms with van der Waals surface area (Å²) in [4.78, 5) is 11.6. The summed E-state index contributed by atoms with van der Waals surface area (Å²) in [6.07, 6.45) is 0.597. The molecule has 0 saturated carbocycles. The van der Waals surface area contributed by atoms with Crippen LogP contribution in [0.1, 0.15) is 30.8 Å². The third kappa shape index (κ3) is 3.20. The van der Waals surface area contributed by atoms with Crippen molar-refractivity contribution in [3.8, 4) is 0 Å². The highest BCUT2D eigenvalue weighted by Gasteiger charge is 2.21. The molecule has 0 aliphatic heterocycles. The number of anilines is 1. The molecule has 7 heteroatoms. The predicted octanol–water partition coefficient (Wildman–Crippen LogP) is -0.210. The van der Waals surface area contributed by atoms with Crippen molar-refractivity contribution in [3.05, 3.63) is 5.69 Å². The van der Waals surface area contributed by atoms with Gasteiger partial charge in [-0.1, -0.05) is 13.8 Å². The Morgan fingerprint density at radius 3 is 2.75 bits per heavy atom. The Labute approximate surface area is 93.0 Å². The molecule has 0 saturated heterocycles. The van der Waals surface area contributed by atoms with Crippen LogP contribution < -0.4 is 11.1 Å². The van der Waals surface area contributed by atoms with Crippen molar-refractivity contribution in [2.24, 2.45) is 5.41 Å². The maximum absolute atomic E-state index is 11.6. The van der Waals surface area contributed by atoms with Gasteiger partial charge in [-0.2, -0.15) is 0 Å². The fourth-order valence-corrected chi connectivity index (χ4v) is 1.15. The number of nitrogens with two attached hydrogens (primary N) is 1. The van der Waals surface area contributed by atoms with Gasteiger partial charge in [-0.25, -0.2) is 4.63 Å². The van der Waals surface area contributed by atoms with E-state index >= 15 is 0 Å². The molecular formula is C9H16N4O3. The van der Waals surface area contributed by atoms with E-state index in [4.69, 9.17) is 10.8 Å². The Morgan fingerprint density at radius 1 is 1.56 bits per heavy atom. The number of aliphatic hydroxyl groups is 1. The Kier molecular flexibility index (Phi) is 3.83. The van der Waals surface area contributed by atoms with E-state index in [0.717, 1.165) is 0 Å². The van der Waals surface area contributed by atoms with Gasteiger partial charge in [0.15, 0.2) is 0 Å². The number of amides is 1. The minimum atomic E-state index is -0.426. The minimum absolute atomic E-state index is 0.0141. The van der Waals surface area contributed by atoms with Crippen LogP contribution >= 0.6 is 0 Å². The normalized spacial score (nSPS) is 11.4. The maximum Gasteiger partial charge on any atom is 0.277 e. The summed E-state index contributed by atoms with van der Waals surface area (Å²) in [7, 11) is 0. The van der Waals surface area contributed by atoms with Gasteiger partial charge in [0.25, 0.3) is 5.91 Å². The first-order valence-corrected chi connectivity index (χ1v) is 4.93. The molecule has 1 aromatic heterocycles. The van der Waals surface area contributed by atoms with Gasteiger partial charge in [-0.05, 0) is 22.1 Å². The van der Waals surface area contributed by atoms with E-state index in [9.17, 15) is 4.79 Å². The number of nitrogens with zero attached hydrogens (tertiary/aromatic N) is 2. The van der Waals surface area contributed by atoms with Crippen molar-refractivity contribution < 1.29 is 14.5 Å². The lowest BCUT2D eigenvalue weighted by atomic mass is 9.90. The van der Waals surface area contributed by atoms with E-state index in [-0.39, 0.29) is 23.5 Å². The van der Waals surface area contributed by atoms with Gasteiger partial charge >= 0.3 is 0 Å². The van der Waals surface area contributed by atoms with Crippen molar-refractivity contribution in [1.29, 1.82) is 0 Å². The van der Waals surface area contributed by atoms with Crippen molar-refractivity contribution >= 4 is 11.7 Å². The molecule has 0 unspecified atom stereocenters. The van der Waals surface area contributed by atoms with Crippen LogP contribution in [0.4, 0.5) is 5.82 Å². The molecule has 90 valence electrons. The monoisotopic (exact) mass is 228 g/mol. The molecule has 4 N–H and O–H groups in total. The van der Waals surface area contributed by atoms with Crippen LogP contribution in [0.15, 0.2) is 4.63 Å². The lowest BCUT2D eigenvalue weighted by Gasteiger charge is -2.23. The average molecular weight is 228 g/mol. The summed E-state index contributed by atoms with van der Waals surface area (Å²) in [5.41, 5.74) is 5.17. The van der Waals surface area contributed by atoms with Crippen molar-refractivity contribution in [2.75, 3.05) is 18.9 Å². The number of rotatable bonds is 5. The molecule has 1 amide bonds. The number of carbonyl (C=O) groups excluding carboxylic acids is 1. The Hall–Kier alpha value is -1.63. The number of aliphatic hydroxyl groups excluding tert-OH is 1. The van der Waals surface area contributed by atoms with E-state index < -0.39 is 5.91 Å². The molecule has 7 nitrogen and oxygen atoms in total. The molecule has 0 radical (unpaired) electrons. The predicted molar refractivity (Wildman–Crippen MR) is 56.5 cm³/mol. The fourth-order valence-electron chi connectivity index (χ4n) is 1.15. The van der Waals surface area contributed by atoms with E-state index in [0.29, 0.717) is 13.0 Å². The summed E-state index contributed by atoms with van der Waals surface area (Å²) in [6.45, 7) is 4.37. The number of carbonyl (C=O) groups is 1. The zero-order valence-corrected chi connectivity index (χ0v) is 9.36. The first-order valence-electron chi connectivity index (χ1n) is 4.93. The molecule has 0 atom stereocenters. The van der Waals surface area contributed by atoms with Gasteiger partial charge in [0, 0.05) is 13.2 Å². The zero-order chi connectivity index (χ0) is 12.2. The molecule has 0 aliphatic carbocycles. The van der Waals surface area contributed by atoms with E-state index in [1.807, 2.05) is 13.8 Å². The molecule has 0 bridgehead atoms. The maximum atomic E-state index is 11.6. The molecule has 0 fully saturated rings. The summed E-state index contributed by atoms with van der Waals surface area (Å²) in [6, 6.07) is 0. The van der Waals surface area contributed by atoms with Crippen molar-refractivity contribution in [3.63, 3.8) is 0 Å². The fraction of sp³-hybridized carbons (Fsp3) is 0.667. The van der Waals surface area contributed by atoms with Gasteiger partial charge in [0.05, 0.1) is 0 Å². The molecule has 16 heavy (non-hydrogen) atoms. The van der Waals surface area contributed by atoms with Crippen LogP contribution in [0.5, 0.6) is 0 Å². The lowest BCUT2D eigenvalue weighted by molar-refractivity contribution is 0.0919. The highest BCUT2D eigenvalue weighted by molar-refractivity contribution is 5.95. The molecule has 1 rings (SSSR count). The third-order valence-corrected chi connectivity index (χ3v) is 2.25. The topological polar surface area (TPSA) is 114 Å². The number of hydrogen-bond donors (Lipinski definition) is 3. The number of nitrogens with one attached hydrogen (secondary N) is 1. The first-order chi connectivity index (χ1) is 7.46. The lowest BCUT2D eigenvalue weighted by Crippen LogP contribution is -2.35. The van der Waals surface area contributed by atoms with Crippen molar-refractivity contribution in [1.82, 2.24) is 15.6 Å². The third-order valence-electron chi connectivity index (χ3n) is 2.25. The number of aromatic nitrogens is 2. The van der Waals surface area contributed by atoms with Crippen LogP contribution in [0.25, 0.3) is 0 Å². The largest absolute Gasteiger partial charge is 0.396 e. The molecular weight excluding hydrogens is 212 g/mol. The van der Waals surface area contributed by atoms with Gasteiger partial charge < -0.3 is 16.2 Å². The van der Waals surface area contributed by atoms with Crippen LogP contribution in [0.3, 0.4) is 0 Å². The van der Waals surface area contributed by atoms with E-state index in [1.165, 1.54) is 0 Å². The summed E-state index contributed by atoms with van der Waals surface area (Å²) in [5, 5.41) is 18.2. The highest BCUT2D eigenvalue weighted by Crippen LogP contribution is 2.18. The summed E-state index contributed by atoms with van der Waals surface area (Å²) in [5.74, 6) is -0.456. The first kappa shape index (κ1) is 12.4. The average Bonchev–Trinajstić information content (AvgIpc) is 2.61. The second kappa shape index (κ2) is 4.93. The number of nitrogen functional groups attached to an aromatic ring is 1. The molecule has 1 heterocycles. The van der Waals surface area contributed by atoms with E-state index in [2.05, 4.69) is 20.3 Å². The van der Waals surface area contributed by atoms with Crippen LogP contribution in [-0.2, 0) is 0 Å². The van der Waals surface area contributed by atoms with Crippen molar-refractivity contribution in [2.45, 2.75) is 20.3 Å². The Bertz CT molecular complexity index is 361. The van der Waals surface area contributed by atoms with Crippen LogP contribution in [0, 0.1) is 5.41 Å². The standard InChI is InChI=1S/C9H16N4O3/c1-9(2,3-4-14)5-11-8(15)6-7(10)13-16-12-6/h14H,3-5H2,1-2H3,(H2,10,13)(H,11,15). The second-order valence-electron chi connectivity index (χ2n) is 4.32. The quantitative estimate of drug-likeness (QED) is 0.642. The van der Waals surface area contributed by atoms with Crippen LogP contribution in [0.2, 0.25) is 0 Å².